The third kappa shape index (κ3) is 2.93. The molecule has 0 aliphatic heterocycles. The SMILES string of the molecule is CN(c1ccc(C(F)(F)F)cc1F)C(C)(C)CN. The Bertz CT molecular complexity index is 427. The van der Waals surface area contributed by atoms with Crippen LogP contribution in [0, 0.1) is 5.82 Å². The van der Waals surface area contributed by atoms with Crippen LogP contribution in [0.1, 0.15) is 19.4 Å². The second-order valence-corrected chi connectivity index (χ2v) is 4.74. The molecule has 6 heteroatoms. The average molecular weight is 264 g/mol. The van der Waals surface area contributed by atoms with Crippen LogP contribution in [0.15, 0.2) is 18.2 Å². The maximum absolute atomic E-state index is 13.7. The van der Waals surface area contributed by atoms with Crippen molar-refractivity contribution in [2.45, 2.75) is 25.6 Å². The number of benzene rings is 1. The van der Waals surface area contributed by atoms with E-state index in [4.69, 9.17) is 5.73 Å². The molecule has 0 spiro atoms. The Balaban J connectivity index is 3.14. The van der Waals surface area contributed by atoms with Crippen molar-refractivity contribution in [3.8, 4) is 0 Å². The van der Waals surface area contributed by atoms with Crippen molar-refractivity contribution in [2.75, 3.05) is 18.5 Å². The molecule has 0 saturated heterocycles. The molecule has 0 amide bonds. The van der Waals surface area contributed by atoms with E-state index in [9.17, 15) is 17.6 Å². The summed E-state index contributed by atoms with van der Waals surface area (Å²) < 4.78 is 50.9. The molecular formula is C12H16F4N2. The van der Waals surface area contributed by atoms with Gasteiger partial charge >= 0.3 is 6.18 Å². The number of anilines is 1. The maximum Gasteiger partial charge on any atom is 0.416 e. The Kier molecular flexibility index (Phi) is 3.90. The number of nitrogens with two attached hydrogens (primary N) is 1. The van der Waals surface area contributed by atoms with Crippen LogP contribution in [0.4, 0.5) is 23.2 Å². The van der Waals surface area contributed by atoms with E-state index in [-0.39, 0.29) is 12.2 Å². The number of hydrogen-bond donors (Lipinski definition) is 1. The normalized spacial score (nSPS) is 12.7. The van der Waals surface area contributed by atoms with Crippen LogP contribution in [0.2, 0.25) is 0 Å². The summed E-state index contributed by atoms with van der Waals surface area (Å²) in [4.78, 5) is 1.53. The largest absolute Gasteiger partial charge is 0.416 e. The standard InChI is InChI=1S/C12H16F4N2/c1-11(2,7-17)18(3)10-5-4-8(6-9(10)13)12(14,15)16/h4-6H,7,17H2,1-3H3. The van der Waals surface area contributed by atoms with Crippen molar-refractivity contribution in [1.82, 2.24) is 0 Å². The summed E-state index contributed by atoms with van der Waals surface area (Å²) in [6.45, 7) is 3.82. The van der Waals surface area contributed by atoms with Crippen LogP contribution in [-0.2, 0) is 6.18 Å². The van der Waals surface area contributed by atoms with Gasteiger partial charge in [0.2, 0.25) is 0 Å². The van der Waals surface area contributed by atoms with Gasteiger partial charge in [-0.3, -0.25) is 0 Å². The summed E-state index contributed by atoms with van der Waals surface area (Å²) in [5, 5.41) is 0. The molecule has 18 heavy (non-hydrogen) atoms. The Labute approximate surface area is 103 Å². The van der Waals surface area contributed by atoms with Crippen molar-refractivity contribution in [3.05, 3.63) is 29.6 Å². The van der Waals surface area contributed by atoms with Crippen molar-refractivity contribution < 1.29 is 17.6 Å². The van der Waals surface area contributed by atoms with Gasteiger partial charge in [-0.1, -0.05) is 0 Å². The van der Waals surface area contributed by atoms with Gasteiger partial charge in [-0.25, -0.2) is 4.39 Å². The van der Waals surface area contributed by atoms with Crippen molar-refractivity contribution in [2.24, 2.45) is 5.73 Å². The van der Waals surface area contributed by atoms with Gasteiger partial charge in [0.05, 0.1) is 11.3 Å². The number of alkyl halides is 3. The third-order valence-corrected chi connectivity index (χ3v) is 3.04. The van der Waals surface area contributed by atoms with Crippen molar-refractivity contribution in [1.29, 1.82) is 0 Å². The predicted octanol–water partition coefficient (Wildman–Crippen LogP) is 3.02. The number of halogens is 4. The second kappa shape index (κ2) is 4.76. The van der Waals surface area contributed by atoms with E-state index >= 15 is 0 Å². The first-order valence-electron chi connectivity index (χ1n) is 5.40. The first-order valence-corrected chi connectivity index (χ1v) is 5.40. The molecule has 0 unspecified atom stereocenters. The fourth-order valence-corrected chi connectivity index (χ4v) is 1.42. The van der Waals surface area contributed by atoms with Crippen molar-refractivity contribution in [3.63, 3.8) is 0 Å². The number of rotatable bonds is 3. The van der Waals surface area contributed by atoms with E-state index in [1.54, 1.807) is 20.9 Å². The van der Waals surface area contributed by atoms with E-state index in [0.29, 0.717) is 6.07 Å². The quantitative estimate of drug-likeness (QED) is 0.850. The van der Waals surface area contributed by atoms with Gasteiger partial charge in [0, 0.05) is 19.1 Å². The van der Waals surface area contributed by atoms with Gasteiger partial charge in [0.25, 0.3) is 0 Å². The van der Waals surface area contributed by atoms with Gasteiger partial charge in [-0.2, -0.15) is 13.2 Å². The van der Waals surface area contributed by atoms with Crippen LogP contribution in [0.5, 0.6) is 0 Å². The van der Waals surface area contributed by atoms with Gasteiger partial charge in [0.1, 0.15) is 5.82 Å². The van der Waals surface area contributed by atoms with E-state index in [0.717, 1.165) is 12.1 Å². The van der Waals surface area contributed by atoms with Gasteiger partial charge < -0.3 is 10.6 Å². The first kappa shape index (κ1) is 14.8. The van der Waals surface area contributed by atoms with E-state index in [1.165, 1.54) is 4.90 Å². The fraction of sp³-hybridized carbons (Fsp3) is 0.500. The molecule has 0 aliphatic rings. The molecule has 102 valence electrons. The minimum atomic E-state index is -4.54. The molecule has 0 atom stereocenters. The highest BCUT2D eigenvalue weighted by atomic mass is 19.4. The zero-order valence-electron chi connectivity index (χ0n) is 10.5. The molecule has 0 aromatic heterocycles. The molecule has 1 rings (SSSR count). The van der Waals surface area contributed by atoms with Crippen LogP contribution in [-0.4, -0.2) is 19.1 Å². The van der Waals surface area contributed by atoms with Crippen molar-refractivity contribution >= 4 is 5.69 Å². The molecule has 0 saturated carbocycles. The molecule has 0 fully saturated rings. The van der Waals surface area contributed by atoms with Crippen LogP contribution in [0.25, 0.3) is 0 Å². The highest BCUT2D eigenvalue weighted by Crippen LogP contribution is 2.33. The molecule has 1 aromatic rings. The lowest BCUT2D eigenvalue weighted by Gasteiger charge is -2.36. The lowest BCUT2D eigenvalue weighted by molar-refractivity contribution is -0.137. The first-order chi connectivity index (χ1) is 8.09. The monoisotopic (exact) mass is 264 g/mol. The molecular weight excluding hydrogens is 248 g/mol. The molecule has 0 bridgehead atoms. The smallest absolute Gasteiger partial charge is 0.366 e. The number of likely N-dealkylation sites (N-methyl/N-ethyl adjacent to an activating group) is 1. The Morgan fingerprint density at radius 2 is 1.78 bits per heavy atom. The minimum absolute atomic E-state index is 0.0958. The van der Waals surface area contributed by atoms with E-state index in [1.807, 2.05) is 0 Å². The van der Waals surface area contributed by atoms with E-state index in [2.05, 4.69) is 0 Å². The summed E-state index contributed by atoms with van der Waals surface area (Å²) in [5.74, 6) is -0.908. The second-order valence-electron chi connectivity index (χ2n) is 4.74. The lowest BCUT2D eigenvalue weighted by atomic mass is 10.0. The van der Waals surface area contributed by atoms with Crippen LogP contribution < -0.4 is 10.6 Å². The van der Waals surface area contributed by atoms with Crippen LogP contribution >= 0.6 is 0 Å². The van der Waals surface area contributed by atoms with E-state index < -0.39 is 23.1 Å². The Morgan fingerprint density at radius 3 is 2.17 bits per heavy atom. The highest BCUT2D eigenvalue weighted by Gasteiger charge is 2.32. The zero-order chi connectivity index (χ0) is 14.1. The fourth-order valence-electron chi connectivity index (χ4n) is 1.42. The maximum atomic E-state index is 13.7. The van der Waals surface area contributed by atoms with Gasteiger partial charge in [-0.05, 0) is 32.0 Å². The molecule has 2 N–H and O–H groups in total. The van der Waals surface area contributed by atoms with Crippen LogP contribution in [0.3, 0.4) is 0 Å². The van der Waals surface area contributed by atoms with Gasteiger partial charge in [-0.15, -0.1) is 0 Å². The molecule has 1 aromatic carbocycles. The summed E-state index contributed by atoms with van der Waals surface area (Å²) in [6, 6.07) is 2.48. The lowest BCUT2D eigenvalue weighted by Crippen LogP contribution is -2.47. The molecule has 0 aliphatic carbocycles. The number of hydrogen-bond acceptors (Lipinski definition) is 2. The average Bonchev–Trinajstić information content (AvgIpc) is 2.26. The summed E-state index contributed by atoms with van der Waals surface area (Å²) in [5.41, 5.74) is 4.11. The summed E-state index contributed by atoms with van der Waals surface area (Å²) >= 11 is 0. The third-order valence-electron chi connectivity index (χ3n) is 3.04. The summed E-state index contributed by atoms with van der Waals surface area (Å²) in [7, 11) is 1.60. The summed E-state index contributed by atoms with van der Waals surface area (Å²) in [6.07, 6.45) is -4.54. The zero-order valence-corrected chi connectivity index (χ0v) is 10.5. The number of nitrogens with zero attached hydrogens (tertiary/aromatic N) is 1. The molecule has 0 heterocycles. The van der Waals surface area contributed by atoms with Gasteiger partial charge in [0.15, 0.2) is 0 Å². The minimum Gasteiger partial charge on any atom is -0.366 e. The molecule has 2 nitrogen and oxygen atoms in total. The highest BCUT2D eigenvalue weighted by molar-refractivity contribution is 5.51. The topological polar surface area (TPSA) is 29.3 Å². The predicted molar refractivity (Wildman–Crippen MR) is 62.9 cm³/mol. The Hall–Kier alpha value is -1.30. The Morgan fingerprint density at radius 1 is 1.22 bits per heavy atom. The molecule has 0 radical (unpaired) electrons.